The van der Waals surface area contributed by atoms with Gasteiger partial charge in [-0.2, -0.15) is 11.3 Å². The SMILES string of the molecule is C[C@H](C(=O)N(Cc1ccsc1)c1cccnc1)c1cccs1. The monoisotopic (exact) mass is 328 g/mol. The van der Waals surface area contributed by atoms with Crippen molar-refractivity contribution in [2.45, 2.75) is 19.4 Å². The Hall–Kier alpha value is -1.98. The average Bonchev–Trinajstić information content (AvgIpc) is 3.25. The third-order valence-electron chi connectivity index (χ3n) is 3.48. The van der Waals surface area contributed by atoms with Gasteiger partial charge in [0, 0.05) is 11.1 Å². The number of carbonyl (C=O) groups excluding carboxylic acids is 1. The Morgan fingerprint density at radius 1 is 1.27 bits per heavy atom. The molecule has 0 saturated carbocycles. The first kappa shape index (κ1) is 14.9. The van der Waals surface area contributed by atoms with Crippen molar-refractivity contribution in [1.82, 2.24) is 4.98 Å². The molecule has 1 amide bonds. The summed E-state index contributed by atoms with van der Waals surface area (Å²) in [6.45, 7) is 2.54. The van der Waals surface area contributed by atoms with Crippen LogP contribution in [0.2, 0.25) is 0 Å². The molecule has 3 rings (SSSR count). The molecule has 0 bridgehead atoms. The lowest BCUT2D eigenvalue weighted by molar-refractivity contribution is -0.119. The maximum absolute atomic E-state index is 13.0. The Bertz CT molecular complexity index is 708. The molecule has 0 N–H and O–H groups in total. The Morgan fingerprint density at radius 2 is 2.18 bits per heavy atom. The van der Waals surface area contributed by atoms with E-state index in [-0.39, 0.29) is 11.8 Å². The van der Waals surface area contributed by atoms with Crippen molar-refractivity contribution in [2.24, 2.45) is 0 Å². The van der Waals surface area contributed by atoms with Crippen LogP contribution in [0.25, 0.3) is 0 Å². The highest BCUT2D eigenvalue weighted by Gasteiger charge is 2.24. The van der Waals surface area contributed by atoms with Gasteiger partial charge in [-0.05, 0) is 52.9 Å². The molecule has 0 aliphatic carbocycles. The molecule has 0 aromatic carbocycles. The van der Waals surface area contributed by atoms with Crippen LogP contribution in [0.15, 0.2) is 58.9 Å². The van der Waals surface area contributed by atoms with Gasteiger partial charge >= 0.3 is 0 Å². The van der Waals surface area contributed by atoms with E-state index in [1.165, 1.54) is 0 Å². The highest BCUT2D eigenvalue weighted by molar-refractivity contribution is 7.10. The molecule has 3 heterocycles. The van der Waals surface area contributed by atoms with E-state index in [4.69, 9.17) is 0 Å². The van der Waals surface area contributed by atoms with E-state index < -0.39 is 0 Å². The van der Waals surface area contributed by atoms with E-state index in [2.05, 4.69) is 16.4 Å². The van der Waals surface area contributed by atoms with E-state index in [1.807, 2.05) is 46.8 Å². The molecule has 3 aromatic heterocycles. The molecular formula is C17H16N2OS2. The largest absolute Gasteiger partial charge is 0.306 e. The molecule has 0 aliphatic heterocycles. The summed E-state index contributed by atoms with van der Waals surface area (Å²) < 4.78 is 0. The first-order valence-corrected chi connectivity index (χ1v) is 8.84. The van der Waals surface area contributed by atoms with E-state index in [9.17, 15) is 4.79 Å². The van der Waals surface area contributed by atoms with Crippen LogP contribution in [0.5, 0.6) is 0 Å². The molecule has 5 heteroatoms. The molecule has 0 aliphatic rings. The van der Waals surface area contributed by atoms with Gasteiger partial charge in [-0.3, -0.25) is 9.78 Å². The molecule has 22 heavy (non-hydrogen) atoms. The number of pyridine rings is 1. The van der Waals surface area contributed by atoms with Crippen LogP contribution in [-0.4, -0.2) is 10.9 Å². The quantitative estimate of drug-likeness (QED) is 0.689. The number of amides is 1. The molecule has 112 valence electrons. The van der Waals surface area contributed by atoms with Crippen LogP contribution in [0.1, 0.15) is 23.3 Å². The van der Waals surface area contributed by atoms with Gasteiger partial charge in [-0.25, -0.2) is 0 Å². The summed E-state index contributed by atoms with van der Waals surface area (Å²) >= 11 is 3.26. The fraction of sp³-hybridized carbons (Fsp3) is 0.176. The minimum atomic E-state index is -0.154. The zero-order chi connectivity index (χ0) is 15.4. The lowest BCUT2D eigenvalue weighted by atomic mass is 10.1. The van der Waals surface area contributed by atoms with E-state index in [1.54, 1.807) is 35.1 Å². The van der Waals surface area contributed by atoms with Gasteiger partial charge in [-0.1, -0.05) is 6.07 Å². The molecule has 0 unspecified atom stereocenters. The molecule has 3 nitrogen and oxygen atoms in total. The van der Waals surface area contributed by atoms with Crippen LogP contribution >= 0.6 is 22.7 Å². The van der Waals surface area contributed by atoms with Crippen molar-refractivity contribution in [2.75, 3.05) is 4.90 Å². The van der Waals surface area contributed by atoms with Crippen molar-refractivity contribution in [1.29, 1.82) is 0 Å². The average molecular weight is 328 g/mol. The van der Waals surface area contributed by atoms with Crippen molar-refractivity contribution < 1.29 is 4.79 Å². The fourth-order valence-corrected chi connectivity index (χ4v) is 3.70. The topological polar surface area (TPSA) is 33.2 Å². The first-order chi connectivity index (χ1) is 10.8. The van der Waals surface area contributed by atoms with Gasteiger partial charge < -0.3 is 4.90 Å². The smallest absolute Gasteiger partial charge is 0.235 e. The molecule has 0 saturated heterocycles. The molecule has 0 radical (unpaired) electrons. The predicted molar refractivity (Wildman–Crippen MR) is 92.5 cm³/mol. The summed E-state index contributed by atoms with van der Waals surface area (Å²) in [5.74, 6) is -0.0551. The van der Waals surface area contributed by atoms with Crippen molar-refractivity contribution in [3.8, 4) is 0 Å². The summed E-state index contributed by atoms with van der Waals surface area (Å²) in [7, 11) is 0. The highest BCUT2D eigenvalue weighted by Crippen LogP contribution is 2.27. The fourth-order valence-electron chi connectivity index (χ4n) is 2.27. The number of nitrogens with zero attached hydrogens (tertiary/aromatic N) is 2. The first-order valence-electron chi connectivity index (χ1n) is 7.01. The summed E-state index contributed by atoms with van der Waals surface area (Å²) in [5.41, 5.74) is 1.97. The second kappa shape index (κ2) is 6.85. The normalized spacial score (nSPS) is 12.0. The number of hydrogen-bond acceptors (Lipinski definition) is 4. The van der Waals surface area contributed by atoms with Crippen molar-refractivity contribution in [3.05, 3.63) is 69.3 Å². The summed E-state index contributed by atoms with van der Waals surface area (Å²) in [4.78, 5) is 20.0. The van der Waals surface area contributed by atoms with Gasteiger partial charge in [0.1, 0.15) is 0 Å². The molecular weight excluding hydrogens is 312 g/mol. The number of anilines is 1. The van der Waals surface area contributed by atoms with E-state index in [0.717, 1.165) is 16.1 Å². The Morgan fingerprint density at radius 3 is 2.82 bits per heavy atom. The van der Waals surface area contributed by atoms with Gasteiger partial charge in [0.25, 0.3) is 0 Å². The van der Waals surface area contributed by atoms with Crippen LogP contribution in [0.3, 0.4) is 0 Å². The third kappa shape index (κ3) is 3.26. The van der Waals surface area contributed by atoms with Crippen molar-refractivity contribution >= 4 is 34.3 Å². The minimum Gasteiger partial charge on any atom is -0.306 e. The molecule has 0 fully saturated rings. The van der Waals surface area contributed by atoms with Crippen LogP contribution in [-0.2, 0) is 11.3 Å². The maximum atomic E-state index is 13.0. The second-order valence-electron chi connectivity index (χ2n) is 5.00. The minimum absolute atomic E-state index is 0.0988. The summed E-state index contributed by atoms with van der Waals surface area (Å²) in [5, 5.41) is 6.11. The summed E-state index contributed by atoms with van der Waals surface area (Å²) in [6, 6.07) is 9.84. The molecule has 1 atom stereocenters. The Balaban J connectivity index is 1.89. The number of rotatable bonds is 5. The van der Waals surface area contributed by atoms with Crippen molar-refractivity contribution in [3.63, 3.8) is 0 Å². The molecule has 0 spiro atoms. The van der Waals surface area contributed by atoms with Gasteiger partial charge in [0.05, 0.1) is 24.3 Å². The third-order valence-corrected chi connectivity index (χ3v) is 5.27. The Labute approximate surface area is 137 Å². The number of hydrogen-bond donors (Lipinski definition) is 0. The van der Waals surface area contributed by atoms with Gasteiger partial charge in [0.15, 0.2) is 0 Å². The predicted octanol–water partition coefficient (Wildman–Crippen LogP) is 4.54. The number of aromatic nitrogens is 1. The van der Waals surface area contributed by atoms with Crippen LogP contribution in [0.4, 0.5) is 5.69 Å². The van der Waals surface area contributed by atoms with Crippen LogP contribution < -0.4 is 4.90 Å². The standard InChI is InChI=1S/C17H16N2OS2/c1-13(16-5-3-8-22-16)17(20)19(11-14-6-9-21-12-14)15-4-2-7-18-10-15/h2-10,12-13H,11H2,1H3/t13-/m0/s1. The number of thiophene rings is 2. The zero-order valence-corrected chi connectivity index (χ0v) is 13.8. The maximum Gasteiger partial charge on any atom is 0.235 e. The van der Waals surface area contributed by atoms with Gasteiger partial charge in [-0.15, -0.1) is 11.3 Å². The lowest BCUT2D eigenvalue weighted by Gasteiger charge is -2.25. The lowest BCUT2D eigenvalue weighted by Crippen LogP contribution is -2.33. The van der Waals surface area contributed by atoms with E-state index >= 15 is 0 Å². The Kier molecular flexibility index (Phi) is 4.65. The zero-order valence-electron chi connectivity index (χ0n) is 12.2. The molecule has 3 aromatic rings. The highest BCUT2D eigenvalue weighted by atomic mass is 32.1. The van der Waals surface area contributed by atoms with Crippen LogP contribution in [0, 0.1) is 0 Å². The second-order valence-corrected chi connectivity index (χ2v) is 6.76. The summed E-state index contributed by atoms with van der Waals surface area (Å²) in [6.07, 6.45) is 3.46. The van der Waals surface area contributed by atoms with E-state index in [0.29, 0.717) is 6.54 Å². The number of carbonyl (C=O) groups is 1. The van der Waals surface area contributed by atoms with Gasteiger partial charge in [0.2, 0.25) is 5.91 Å².